The monoisotopic (exact) mass is 371 g/mol. The highest BCUT2D eigenvalue weighted by Crippen LogP contribution is 2.36. The summed E-state index contributed by atoms with van der Waals surface area (Å²) < 4.78 is 55.1. The summed E-state index contributed by atoms with van der Waals surface area (Å²) >= 11 is 0. The van der Waals surface area contributed by atoms with E-state index in [1.54, 1.807) is 24.3 Å². The fourth-order valence-corrected chi connectivity index (χ4v) is 4.70. The van der Waals surface area contributed by atoms with Crippen molar-refractivity contribution in [3.8, 4) is 0 Å². The molecular weight excluding hydrogens is 354 g/mol. The molecule has 1 aromatic heterocycles. The lowest BCUT2D eigenvalue weighted by Gasteiger charge is -2.21. The minimum atomic E-state index is -3.72. The average molecular weight is 371 g/mol. The molecule has 0 spiro atoms. The molecule has 0 aliphatic carbocycles. The minimum Gasteiger partial charge on any atom is -0.411 e. The molecule has 2 aromatic rings. The van der Waals surface area contributed by atoms with Gasteiger partial charge < -0.3 is 4.42 Å². The molecule has 1 aliphatic rings. The third-order valence-electron chi connectivity index (χ3n) is 3.86. The number of hydrogen-bond donors (Lipinski definition) is 0. The van der Waals surface area contributed by atoms with Crippen LogP contribution in [-0.4, -0.2) is 44.1 Å². The number of aryl methyl sites for hydroxylation is 1. The molecule has 0 amide bonds. The van der Waals surface area contributed by atoms with Crippen molar-refractivity contribution < 1.29 is 21.3 Å². The molecule has 0 unspecified atom stereocenters. The van der Waals surface area contributed by atoms with Gasteiger partial charge >= 0.3 is 5.22 Å². The maximum atomic E-state index is 12.9. The Bertz CT molecular complexity index is 949. The van der Waals surface area contributed by atoms with Crippen LogP contribution in [0.5, 0.6) is 0 Å². The van der Waals surface area contributed by atoms with Crippen LogP contribution >= 0.6 is 0 Å². The van der Waals surface area contributed by atoms with Crippen molar-refractivity contribution >= 4 is 19.9 Å². The van der Waals surface area contributed by atoms with Crippen LogP contribution in [0.3, 0.4) is 0 Å². The van der Waals surface area contributed by atoms with E-state index in [4.69, 9.17) is 4.42 Å². The molecule has 1 atom stereocenters. The number of rotatable bonds is 4. The third kappa shape index (κ3) is 3.08. The van der Waals surface area contributed by atoms with Crippen LogP contribution in [0.25, 0.3) is 0 Å². The van der Waals surface area contributed by atoms with Crippen LogP contribution in [0.4, 0.5) is 0 Å². The number of sulfonamides is 1. The van der Waals surface area contributed by atoms with E-state index in [0.29, 0.717) is 19.4 Å². The highest BCUT2D eigenvalue weighted by atomic mass is 32.2. The van der Waals surface area contributed by atoms with E-state index >= 15 is 0 Å². The van der Waals surface area contributed by atoms with Crippen molar-refractivity contribution in [2.45, 2.75) is 35.9 Å². The van der Waals surface area contributed by atoms with Crippen molar-refractivity contribution in [3.05, 3.63) is 35.7 Å². The highest BCUT2D eigenvalue weighted by molar-refractivity contribution is 7.90. The quantitative estimate of drug-likeness (QED) is 0.796. The fourth-order valence-electron chi connectivity index (χ4n) is 2.63. The SMILES string of the molecule is Cc1ccc(S(=O)(=O)N2CCC[C@H]2c2nnc(S(C)(=O)=O)o2)cc1. The molecule has 130 valence electrons. The average Bonchev–Trinajstić information content (AvgIpc) is 3.16. The summed E-state index contributed by atoms with van der Waals surface area (Å²) in [7, 11) is -7.35. The summed E-state index contributed by atoms with van der Waals surface area (Å²) in [4.78, 5) is 0.183. The van der Waals surface area contributed by atoms with E-state index in [1.807, 2.05) is 6.92 Å². The van der Waals surface area contributed by atoms with Gasteiger partial charge in [-0.3, -0.25) is 0 Å². The van der Waals surface area contributed by atoms with Crippen LogP contribution in [-0.2, 0) is 19.9 Å². The lowest BCUT2D eigenvalue weighted by Crippen LogP contribution is -2.30. The lowest BCUT2D eigenvalue weighted by atomic mass is 10.2. The van der Waals surface area contributed by atoms with Crippen molar-refractivity contribution in [2.75, 3.05) is 12.8 Å². The van der Waals surface area contributed by atoms with Crippen molar-refractivity contribution in [3.63, 3.8) is 0 Å². The van der Waals surface area contributed by atoms with E-state index in [9.17, 15) is 16.8 Å². The Balaban J connectivity index is 1.96. The van der Waals surface area contributed by atoms with E-state index in [0.717, 1.165) is 11.8 Å². The molecule has 10 heteroatoms. The molecule has 1 fully saturated rings. The number of benzene rings is 1. The van der Waals surface area contributed by atoms with E-state index in [-0.39, 0.29) is 10.8 Å². The topological polar surface area (TPSA) is 110 Å². The highest BCUT2D eigenvalue weighted by Gasteiger charge is 2.39. The van der Waals surface area contributed by atoms with Crippen molar-refractivity contribution in [2.24, 2.45) is 0 Å². The smallest absolute Gasteiger partial charge is 0.335 e. The minimum absolute atomic E-state index is 0.00334. The van der Waals surface area contributed by atoms with Gasteiger partial charge in [-0.2, -0.15) is 4.31 Å². The normalized spacial score (nSPS) is 19.7. The Morgan fingerprint density at radius 1 is 1.12 bits per heavy atom. The van der Waals surface area contributed by atoms with E-state index in [1.165, 1.54) is 4.31 Å². The number of hydrogen-bond acceptors (Lipinski definition) is 7. The maximum Gasteiger partial charge on any atom is 0.335 e. The molecule has 0 bridgehead atoms. The number of sulfone groups is 1. The molecule has 1 aromatic carbocycles. The first-order valence-corrected chi connectivity index (χ1v) is 10.6. The third-order valence-corrected chi connectivity index (χ3v) is 6.58. The number of nitrogens with zero attached hydrogens (tertiary/aromatic N) is 3. The van der Waals surface area contributed by atoms with Gasteiger partial charge in [0.25, 0.3) is 0 Å². The molecule has 1 saturated heterocycles. The van der Waals surface area contributed by atoms with Crippen LogP contribution in [0.15, 0.2) is 38.8 Å². The zero-order chi connectivity index (χ0) is 17.5. The molecule has 0 saturated carbocycles. The maximum absolute atomic E-state index is 12.9. The Labute approximate surface area is 140 Å². The predicted molar refractivity (Wildman–Crippen MR) is 84.5 cm³/mol. The summed E-state index contributed by atoms with van der Waals surface area (Å²) in [6, 6.07) is 5.91. The van der Waals surface area contributed by atoms with Crippen LogP contribution in [0.2, 0.25) is 0 Å². The summed E-state index contributed by atoms with van der Waals surface area (Å²) in [5, 5.41) is 6.74. The van der Waals surface area contributed by atoms with Gasteiger partial charge in [0.15, 0.2) is 0 Å². The summed E-state index contributed by atoms with van der Waals surface area (Å²) in [6.07, 6.45) is 2.09. The van der Waals surface area contributed by atoms with Crippen LogP contribution < -0.4 is 0 Å². The molecule has 24 heavy (non-hydrogen) atoms. The fraction of sp³-hybridized carbons (Fsp3) is 0.429. The summed E-state index contributed by atoms with van der Waals surface area (Å²) in [5.41, 5.74) is 0.960. The Hall–Kier alpha value is -1.78. The largest absolute Gasteiger partial charge is 0.411 e. The number of aromatic nitrogens is 2. The van der Waals surface area contributed by atoms with Crippen LogP contribution in [0, 0.1) is 6.92 Å². The zero-order valence-corrected chi connectivity index (χ0v) is 14.8. The first-order chi connectivity index (χ1) is 11.2. The Kier molecular flexibility index (Phi) is 4.22. The van der Waals surface area contributed by atoms with Gasteiger partial charge in [-0.15, -0.1) is 5.10 Å². The van der Waals surface area contributed by atoms with E-state index in [2.05, 4.69) is 10.2 Å². The van der Waals surface area contributed by atoms with Gasteiger partial charge in [-0.25, -0.2) is 16.8 Å². The van der Waals surface area contributed by atoms with Gasteiger partial charge in [0, 0.05) is 12.8 Å². The Morgan fingerprint density at radius 3 is 2.38 bits per heavy atom. The van der Waals surface area contributed by atoms with Gasteiger partial charge in [0.1, 0.15) is 6.04 Å². The van der Waals surface area contributed by atoms with Crippen LogP contribution in [0.1, 0.15) is 30.3 Å². The summed E-state index contributed by atoms with van der Waals surface area (Å²) in [5.74, 6) is 0.00334. The molecule has 3 rings (SSSR count). The lowest BCUT2D eigenvalue weighted by molar-refractivity contribution is 0.303. The zero-order valence-electron chi connectivity index (χ0n) is 13.2. The van der Waals surface area contributed by atoms with Gasteiger partial charge in [-0.05, 0) is 31.9 Å². The molecule has 0 N–H and O–H groups in total. The van der Waals surface area contributed by atoms with Gasteiger partial charge in [0.2, 0.25) is 25.8 Å². The Morgan fingerprint density at radius 2 is 1.79 bits per heavy atom. The first kappa shape index (κ1) is 17.1. The second kappa shape index (κ2) is 5.94. The first-order valence-electron chi connectivity index (χ1n) is 7.31. The molecular formula is C14H17N3O5S2. The second-order valence-electron chi connectivity index (χ2n) is 5.77. The van der Waals surface area contributed by atoms with Crippen molar-refractivity contribution in [1.29, 1.82) is 0 Å². The molecule has 2 heterocycles. The second-order valence-corrected chi connectivity index (χ2v) is 9.55. The molecule has 8 nitrogen and oxygen atoms in total. The predicted octanol–water partition coefficient (Wildman–Crippen LogP) is 1.31. The molecule has 0 radical (unpaired) electrons. The summed E-state index contributed by atoms with van der Waals surface area (Å²) in [6.45, 7) is 2.19. The van der Waals surface area contributed by atoms with Crippen molar-refractivity contribution in [1.82, 2.24) is 14.5 Å². The van der Waals surface area contributed by atoms with E-state index < -0.39 is 31.1 Å². The van der Waals surface area contributed by atoms with Gasteiger partial charge in [0.05, 0.1) is 4.90 Å². The molecule has 1 aliphatic heterocycles. The standard InChI is InChI=1S/C14H17N3O5S2/c1-10-5-7-11(8-6-10)24(20,21)17-9-3-4-12(17)13-15-16-14(22-13)23(2,18)19/h5-8,12H,3-4,9H2,1-2H3/t12-/m0/s1. The van der Waals surface area contributed by atoms with Gasteiger partial charge in [-0.1, -0.05) is 22.8 Å².